The van der Waals surface area contributed by atoms with E-state index in [4.69, 9.17) is 14.2 Å². The monoisotopic (exact) mass is 573 g/mol. The van der Waals surface area contributed by atoms with Gasteiger partial charge in [-0.2, -0.15) is 4.31 Å². The number of benzene rings is 2. The lowest BCUT2D eigenvalue weighted by Crippen LogP contribution is -2.57. The first-order chi connectivity index (χ1) is 19.3. The summed E-state index contributed by atoms with van der Waals surface area (Å²) in [5.74, 6) is 0.501. The highest BCUT2D eigenvalue weighted by Crippen LogP contribution is 2.32. The van der Waals surface area contributed by atoms with Crippen molar-refractivity contribution in [3.05, 3.63) is 60.2 Å². The van der Waals surface area contributed by atoms with Crippen LogP contribution in [0.2, 0.25) is 0 Å². The number of sulfonamides is 1. The Morgan fingerprint density at radius 2 is 1.82 bits per heavy atom. The van der Waals surface area contributed by atoms with Gasteiger partial charge in [-0.05, 0) is 49.1 Å². The third-order valence-electron chi connectivity index (χ3n) is 7.90. The van der Waals surface area contributed by atoms with Crippen molar-refractivity contribution in [1.29, 1.82) is 0 Å². The fourth-order valence-electron chi connectivity index (χ4n) is 5.88. The first-order valence-corrected chi connectivity index (χ1v) is 15.4. The van der Waals surface area contributed by atoms with Gasteiger partial charge in [0.25, 0.3) is 0 Å². The number of nitrogens with one attached hydrogen (secondary N) is 1. The van der Waals surface area contributed by atoms with Gasteiger partial charge < -0.3 is 24.6 Å². The zero-order valence-corrected chi connectivity index (χ0v) is 23.7. The van der Waals surface area contributed by atoms with Crippen molar-refractivity contribution in [2.45, 2.75) is 67.5 Å². The van der Waals surface area contributed by atoms with E-state index in [1.165, 1.54) is 29.1 Å². The largest absolute Gasteiger partial charge is 0.497 e. The van der Waals surface area contributed by atoms with Crippen molar-refractivity contribution in [3.8, 4) is 5.75 Å². The molecule has 10 nitrogen and oxygen atoms in total. The molecule has 11 heteroatoms. The van der Waals surface area contributed by atoms with E-state index in [1.807, 2.05) is 18.2 Å². The molecule has 1 amide bonds. The third-order valence-corrected chi connectivity index (χ3v) is 9.80. The highest BCUT2D eigenvalue weighted by molar-refractivity contribution is 7.89. The van der Waals surface area contributed by atoms with Crippen molar-refractivity contribution in [1.82, 2.24) is 14.5 Å². The number of fused-ring (bicyclic) bond motifs is 1. The molecule has 3 saturated heterocycles. The summed E-state index contributed by atoms with van der Waals surface area (Å²) >= 11 is 0. The zero-order valence-electron chi connectivity index (χ0n) is 22.9. The van der Waals surface area contributed by atoms with Gasteiger partial charge in [-0.25, -0.2) is 8.42 Å². The van der Waals surface area contributed by atoms with E-state index in [2.05, 4.69) is 22.3 Å². The van der Waals surface area contributed by atoms with E-state index in [0.717, 1.165) is 26.1 Å². The number of carbonyl (C=O) groups excluding carboxylic acids is 1. The number of β-amino-alcohol motifs (C(OH)–C–C–N with tert-alkyl or cyclic N) is 1. The number of ether oxygens (including phenoxy) is 3. The van der Waals surface area contributed by atoms with E-state index in [1.54, 1.807) is 12.1 Å². The second-order valence-electron chi connectivity index (χ2n) is 10.9. The van der Waals surface area contributed by atoms with Crippen LogP contribution in [0.25, 0.3) is 0 Å². The van der Waals surface area contributed by atoms with Gasteiger partial charge in [0, 0.05) is 32.2 Å². The Hall–Kier alpha value is -2.54. The summed E-state index contributed by atoms with van der Waals surface area (Å²) in [6, 6.07) is 16.1. The van der Waals surface area contributed by atoms with Crippen LogP contribution in [0.1, 0.15) is 31.2 Å². The molecule has 0 bridgehead atoms. The molecule has 218 valence electrons. The molecule has 2 aromatic rings. The van der Waals surface area contributed by atoms with Gasteiger partial charge in [0.15, 0.2) is 0 Å². The number of amides is 1. The fourth-order valence-corrected chi connectivity index (χ4v) is 7.60. The van der Waals surface area contributed by atoms with Gasteiger partial charge >= 0.3 is 0 Å². The molecule has 0 aromatic heterocycles. The molecule has 2 N–H and O–H groups in total. The lowest BCUT2D eigenvalue weighted by Gasteiger charge is -2.43. The molecule has 5 rings (SSSR count). The lowest BCUT2D eigenvalue weighted by atomic mass is 9.96. The van der Waals surface area contributed by atoms with Crippen LogP contribution in [-0.2, 0) is 30.8 Å². The van der Waals surface area contributed by atoms with Gasteiger partial charge in [-0.3, -0.25) is 9.69 Å². The first kappa shape index (κ1) is 29.0. The Bertz CT molecular complexity index is 1230. The number of hydrogen-bond donors (Lipinski definition) is 2. The topological polar surface area (TPSA) is 118 Å². The second kappa shape index (κ2) is 13.0. The van der Waals surface area contributed by atoms with Gasteiger partial charge in [-0.15, -0.1) is 0 Å². The number of aliphatic hydroxyl groups excluding tert-OH is 1. The maximum absolute atomic E-state index is 13.7. The normalized spacial score (nSPS) is 28.3. The van der Waals surface area contributed by atoms with Gasteiger partial charge in [0.2, 0.25) is 15.9 Å². The van der Waals surface area contributed by atoms with Crippen molar-refractivity contribution >= 4 is 15.9 Å². The van der Waals surface area contributed by atoms with Gasteiger partial charge in [-0.1, -0.05) is 30.3 Å². The molecule has 2 aromatic carbocycles. The van der Waals surface area contributed by atoms with Crippen molar-refractivity contribution in [2.75, 3.05) is 40.0 Å². The number of rotatable bonds is 8. The van der Waals surface area contributed by atoms with Crippen LogP contribution in [0.15, 0.2) is 59.5 Å². The van der Waals surface area contributed by atoms with Gasteiger partial charge in [0.1, 0.15) is 5.75 Å². The van der Waals surface area contributed by atoms with Crippen molar-refractivity contribution < 1.29 is 32.5 Å². The number of aliphatic hydroxyl groups is 1. The smallest absolute Gasteiger partial charge is 0.243 e. The Kier molecular flexibility index (Phi) is 9.39. The molecule has 3 aliphatic rings. The number of carbonyl (C=O) groups is 1. The van der Waals surface area contributed by atoms with E-state index in [-0.39, 0.29) is 49.1 Å². The third kappa shape index (κ3) is 7.02. The summed E-state index contributed by atoms with van der Waals surface area (Å²) < 4.78 is 45.8. The molecule has 0 saturated carbocycles. The second-order valence-corrected chi connectivity index (χ2v) is 12.8. The first-order valence-electron chi connectivity index (χ1n) is 13.9. The van der Waals surface area contributed by atoms with Crippen LogP contribution in [0.5, 0.6) is 5.75 Å². The van der Waals surface area contributed by atoms with Crippen molar-refractivity contribution in [3.63, 3.8) is 0 Å². The molecule has 3 heterocycles. The van der Waals surface area contributed by atoms with Crippen LogP contribution >= 0.6 is 0 Å². The summed E-state index contributed by atoms with van der Waals surface area (Å²) in [6.45, 7) is 2.67. The number of methoxy groups -OCH3 is 1. The minimum atomic E-state index is -3.92. The predicted octanol–water partition coefficient (Wildman–Crippen LogP) is 1.77. The predicted molar refractivity (Wildman–Crippen MR) is 148 cm³/mol. The molecule has 0 spiro atoms. The molecule has 5 atom stereocenters. The summed E-state index contributed by atoms with van der Waals surface area (Å²) in [5, 5.41) is 13.6. The average molecular weight is 574 g/mol. The van der Waals surface area contributed by atoms with E-state index < -0.39 is 28.3 Å². The van der Waals surface area contributed by atoms with E-state index in [0.29, 0.717) is 18.6 Å². The Labute approximate surface area is 236 Å². The average Bonchev–Trinajstić information content (AvgIpc) is 3.37. The zero-order chi connectivity index (χ0) is 28.1. The summed E-state index contributed by atoms with van der Waals surface area (Å²) in [6.07, 6.45) is 0.328. The molecular formula is C29H39N3O7S. The maximum atomic E-state index is 13.7. The highest BCUT2D eigenvalue weighted by Gasteiger charge is 2.43. The van der Waals surface area contributed by atoms with Crippen LogP contribution in [0.3, 0.4) is 0 Å². The fraction of sp³-hybridized carbons (Fsp3) is 0.552. The number of hydrogen-bond acceptors (Lipinski definition) is 8. The Morgan fingerprint density at radius 3 is 2.58 bits per heavy atom. The molecule has 40 heavy (non-hydrogen) atoms. The van der Waals surface area contributed by atoms with Crippen LogP contribution in [0.4, 0.5) is 0 Å². The molecule has 3 aliphatic heterocycles. The molecule has 0 aliphatic carbocycles. The Morgan fingerprint density at radius 1 is 1.05 bits per heavy atom. The van der Waals surface area contributed by atoms with Crippen molar-refractivity contribution in [2.24, 2.45) is 0 Å². The number of likely N-dealkylation sites (tertiary alicyclic amines) is 1. The van der Waals surface area contributed by atoms with Gasteiger partial charge in [0.05, 0.1) is 56.0 Å². The minimum absolute atomic E-state index is 0.00747. The Balaban J connectivity index is 1.18. The van der Waals surface area contributed by atoms with Crippen LogP contribution < -0.4 is 10.1 Å². The van der Waals surface area contributed by atoms with Crippen LogP contribution in [0, 0.1) is 0 Å². The SMILES string of the molecule is COc1ccc(S(=O)(=O)N2C[C@H](O)COC[C@H]3O[C@@H](CC(=O)N[C@H]4CCN(Cc5ccccc5)C4)CC[C@@H]32)cc1. The molecule has 0 unspecified atom stereocenters. The maximum Gasteiger partial charge on any atom is 0.243 e. The quantitative estimate of drug-likeness (QED) is 0.491. The summed E-state index contributed by atoms with van der Waals surface area (Å²) in [5.41, 5.74) is 1.26. The number of nitrogens with zero attached hydrogens (tertiary/aromatic N) is 2. The highest BCUT2D eigenvalue weighted by atomic mass is 32.2. The standard InChI is InChI=1S/C29H39N3O7S/c1-37-24-7-10-26(11-8-24)40(35,36)32-18-23(33)19-38-20-28-27(32)12-9-25(39-28)15-29(34)30-22-13-14-31(17-22)16-21-5-3-2-4-6-21/h2-8,10-11,22-23,25,27-28,33H,9,12-20H2,1H3,(H,30,34)/t22-,23-,25+,27-,28+/m0/s1. The summed E-state index contributed by atoms with van der Waals surface area (Å²) in [7, 11) is -2.39. The molecular weight excluding hydrogens is 534 g/mol. The lowest BCUT2D eigenvalue weighted by molar-refractivity contribution is -0.146. The minimum Gasteiger partial charge on any atom is -0.497 e. The summed E-state index contributed by atoms with van der Waals surface area (Å²) in [4.78, 5) is 15.4. The van der Waals surface area contributed by atoms with E-state index in [9.17, 15) is 18.3 Å². The molecule has 3 fully saturated rings. The molecule has 0 radical (unpaired) electrons. The van der Waals surface area contributed by atoms with Crippen LogP contribution in [-0.4, -0.2) is 99.0 Å². The van der Waals surface area contributed by atoms with E-state index >= 15 is 0 Å².